The van der Waals surface area contributed by atoms with Crippen molar-refractivity contribution in [2.24, 2.45) is 0 Å². The number of benzene rings is 2. The Morgan fingerprint density at radius 2 is 1.71 bits per heavy atom. The fourth-order valence-electron chi connectivity index (χ4n) is 2.57. The van der Waals surface area contributed by atoms with Crippen LogP contribution in [0.15, 0.2) is 60.7 Å². The topological polar surface area (TPSA) is 85.4 Å². The quantitative estimate of drug-likeness (QED) is 0.626. The molecular formula is C21H22N4O3. The van der Waals surface area contributed by atoms with Crippen LogP contribution in [0.1, 0.15) is 16.1 Å². The van der Waals surface area contributed by atoms with Gasteiger partial charge in [-0.2, -0.15) is 0 Å². The second-order valence-electron chi connectivity index (χ2n) is 6.01. The van der Waals surface area contributed by atoms with E-state index in [-0.39, 0.29) is 11.6 Å². The molecule has 1 amide bonds. The van der Waals surface area contributed by atoms with E-state index in [4.69, 9.17) is 9.47 Å². The number of methoxy groups -OCH3 is 2. The van der Waals surface area contributed by atoms with Gasteiger partial charge in [-0.05, 0) is 48.4 Å². The van der Waals surface area contributed by atoms with Gasteiger partial charge in [0.05, 0.1) is 14.2 Å². The number of carbonyl (C=O) groups excluding carboxylic acids is 1. The van der Waals surface area contributed by atoms with Gasteiger partial charge in [0.15, 0.2) is 11.5 Å². The summed E-state index contributed by atoms with van der Waals surface area (Å²) in [5, 5.41) is 14.0. The number of anilines is 2. The molecule has 0 fully saturated rings. The fraction of sp³-hybridized carbons (Fsp3) is 0.190. The van der Waals surface area contributed by atoms with Crippen molar-refractivity contribution in [3.63, 3.8) is 0 Å². The maximum Gasteiger partial charge on any atom is 0.271 e. The van der Waals surface area contributed by atoms with Crippen LogP contribution >= 0.6 is 0 Å². The summed E-state index contributed by atoms with van der Waals surface area (Å²) in [5.41, 5.74) is 2.21. The summed E-state index contributed by atoms with van der Waals surface area (Å²) in [7, 11) is 3.24. The summed E-state index contributed by atoms with van der Waals surface area (Å²) in [6.07, 6.45) is 0.721. The molecule has 0 aliphatic rings. The van der Waals surface area contributed by atoms with Crippen molar-refractivity contribution in [3.8, 4) is 11.5 Å². The molecule has 7 nitrogen and oxygen atoms in total. The van der Waals surface area contributed by atoms with Gasteiger partial charge in [-0.3, -0.25) is 4.79 Å². The molecule has 0 bridgehead atoms. The molecule has 2 N–H and O–H groups in total. The molecule has 144 valence electrons. The zero-order valence-electron chi connectivity index (χ0n) is 15.8. The van der Waals surface area contributed by atoms with Gasteiger partial charge < -0.3 is 20.1 Å². The molecule has 0 radical (unpaired) electrons. The van der Waals surface area contributed by atoms with Crippen LogP contribution < -0.4 is 20.1 Å². The number of amides is 1. The van der Waals surface area contributed by atoms with E-state index >= 15 is 0 Å². The lowest BCUT2D eigenvalue weighted by molar-refractivity contribution is 0.0948. The van der Waals surface area contributed by atoms with Gasteiger partial charge in [0.2, 0.25) is 0 Å². The number of carbonyl (C=O) groups is 1. The van der Waals surface area contributed by atoms with Crippen LogP contribution in [0.4, 0.5) is 11.5 Å². The minimum absolute atomic E-state index is 0.256. The maximum atomic E-state index is 12.2. The van der Waals surface area contributed by atoms with Crippen LogP contribution in [-0.4, -0.2) is 36.9 Å². The molecule has 1 heterocycles. The van der Waals surface area contributed by atoms with E-state index in [1.54, 1.807) is 26.4 Å². The van der Waals surface area contributed by atoms with Crippen LogP contribution in [0.5, 0.6) is 11.5 Å². The number of rotatable bonds is 8. The predicted octanol–water partition coefficient (Wildman–Crippen LogP) is 3.21. The fourth-order valence-corrected chi connectivity index (χ4v) is 2.57. The minimum Gasteiger partial charge on any atom is -0.497 e. The molecule has 0 aliphatic carbocycles. The summed E-state index contributed by atoms with van der Waals surface area (Å²) in [5.74, 6) is 1.84. The standard InChI is InChI=1S/C21H22N4O3/c1-27-17-8-6-15(7-9-17)12-13-22-21(26)19-10-11-20(25-24-19)23-16-4-3-5-18(14-16)28-2/h3-11,14H,12-13H2,1-2H3,(H,22,26)(H,23,25). The minimum atomic E-state index is -0.256. The van der Waals surface area contributed by atoms with Crippen LogP contribution in [0, 0.1) is 0 Å². The van der Waals surface area contributed by atoms with Gasteiger partial charge >= 0.3 is 0 Å². The third-order valence-corrected chi connectivity index (χ3v) is 4.10. The Hall–Kier alpha value is -3.61. The number of hydrogen-bond donors (Lipinski definition) is 2. The normalized spacial score (nSPS) is 10.2. The predicted molar refractivity (Wildman–Crippen MR) is 107 cm³/mol. The van der Waals surface area contributed by atoms with Gasteiger partial charge in [-0.1, -0.05) is 18.2 Å². The van der Waals surface area contributed by atoms with Crippen LogP contribution in [0.25, 0.3) is 0 Å². The molecule has 0 saturated heterocycles. The molecule has 1 aromatic heterocycles. The molecule has 0 aliphatic heterocycles. The van der Waals surface area contributed by atoms with E-state index in [2.05, 4.69) is 20.8 Å². The van der Waals surface area contributed by atoms with Crippen molar-refractivity contribution in [1.29, 1.82) is 0 Å². The molecule has 3 aromatic rings. The van der Waals surface area contributed by atoms with E-state index in [0.29, 0.717) is 12.4 Å². The smallest absolute Gasteiger partial charge is 0.271 e. The highest BCUT2D eigenvalue weighted by Crippen LogP contribution is 2.19. The number of nitrogens with one attached hydrogen (secondary N) is 2. The summed E-state index contributed by atoms with van der Waals surface area (Å²) in [6, 6.07) is 18.6. The van der Waals surface area contributed by atoms with E-state index in [9.17, 15) is 4.79 Å². The van der Waals surface area contributed by atoms with Gasteiger partial charge in [0.25, 0.3) is 5.91 Å². The molecule has 0 unspecified atom stereocenters. The van der Waals surface area contributed by atoms with Gasteiger partial charge in [-0.15, -0.1) is 10.2 Å². The first kappa shape index (κ1) is 19.2. The number of hydrogen-bond acceptors (Lipinski definition) is 6. The van der Waals surface area contributed by atoms with Crippen LogP contribution in [0.3, 0.4) is 0 Å². The molecule has 0 spiro atoms. The van der Waals surface area contributed by atoms with Crippen molar-refractivity contribution >= 4 is 17.4 Å². The Bertz CT molecular complexity index is 912. The summed E-state index contributed by atoms with van der Waals surface area (Å²) < 4.78 is 10.3. The lowest BCUT2D eigenvalue weighted by Crippen LogP contribution is -2.26. The van der Waals surface area contributed by atoms with Gasteiger partial charge in [0, 0.05) is 18.3 Å². The van der Waals surface area contributed by atoms with Gasteiger partial charge in [-0.25, -0.2) is 0 Å². The van der Waals surface area contributed by atoms with Crippen LogP contribution in [-0.2, 0) is 6.42 Å². The highest BCUT2D eigenvalue weighted by atomic mass is 16.5. The lowest BCUT2D eigenvalue weighted by Gasteiger charge is -2.08. The average molecular weight is 378 g/mol. The molecule has 0 saturated carbocycles. The molecule has 2 aromatic carbocycles. The summed E-state index contributed by atoms with van der Waals surface area (Å²) >= 11 is 0. The number of ether oxygens (including phenoxy) is 2. The monoisotopic (exact) mass is 378 g/mol. The second-order valence-corrected chi connectivity index (χ2v) is 6.01. The van der Waals surface area contributed by atoms with E-state index in [1.807, 2.05) is 48.5 Å². The van der Waals surface area contributed by atoms with Crippen molar-refractivity contribution < 1.29 is 14.3 Å². The molecule has 28 heavy (non-hydrogen) atoms. The Morgan fingerprint density at radius 3 is 2.39 bits per heavy atom. The zero-order valence-corrected chi connectivity index (χ0v) is 15.8. The largest absolute Gasteiger partial charge is 0.497 e. The highest BCUT2D eigenvalue weighted by molar-refractivity contribution is 5.92. The average Bonchev–Trinajstić information content (AvgIpc) is 2.75. The number of aromatic nitrogens is 2. The van der Waals surface area contributed by atoms with Crippen molar-refractivity contribution in [3.05, 3.63) is 71.9 Å². The molecule has 3 rings (SSSR count). The maximum absolute atomic E-state index is 12.2. The Labute approximate surface area is 163 Å². The Morgan fingerprint density at radius 1 is 0.929 bits per heavy atom. The van der Waals surface area contributed by atoms with Crippen LogP contribution in [0.2, 0.25) is 0 Å². The summed E-state index contributed by atoms with van der Waals surface area (Å²) in [6.45, 7) is 0.511. The number of nitrogens with zero attached hydrogens (tertiary/aromatic N) is 2. The van der Waals surface area contributed by atoms with Gasteiger partial charge in [0.1, 0.15) is 11.5 Å². The van der Waals surface area contributed by atoms with Crippen molar-refractivity contribution in [2.45, 2.75) is 6.42 Å². The molecular weight excluding hydrogens is 356 g/mol. The van der Waals surface area contributed by atoms with E-state index in [1.165, 1.54) is 0 Å². The van der Waals surface area contributed by atoms with Crippen molar-refractivity contribution in [2.75, 3.05) is 26.1 Å². The summed E-state index contributed by atoms with van der Waals surface area (Å²) in [4.78, 5) is 12.2. The molecule has 0 atom stereocenters. The van der Waals surface area contributed by atoms with Crippen molar-refractivity contribution in [1.82, 2.24) is 15.5 Å². The first-order valence-corrected chi connectivity index (χ1v) is 8.84. The third-order valence-electron chi connectivity index (χ3n) is 4.10. The van der Waals surface area contributed by atoms with E-state index in [0.717, 1.165) is 29.2 Å². The highest BCUT2D eigenvalue weighted by Gasteiger charge is 2.08. The first-order valence-electron chi connectivity index (χ1n) is 8.84. The second kappa shape index (κ2) is 9.36. The Kier molecular flexibility index (Phi) is 6.41. The lowest BCUT2D eigenvalue weighted by atomic mass is 10.1. The Balaban J connectivity index is 1.51. The third kappa shape index (κ3) is 5.20. The SMILES string of the molecule is COc1ccc(CCNC(=O)c2ccc(Nc3cccc(OC)c3)nn2)cc1. The first-order chi connectivity index (χ1) is 13.7. The molecule has 7 heteroatoms. The zero-order chi connectivity index (χ0) is 19.8. The van der Waals surface area contributed by atoms with E-state index < -0.39 is 0 Å².